The zero-order chi connectivity index (χ0) is 25.0. The van der Waals surface area contributed by atoms with Gasteiger partial charge in [0.1, 0.15) is 25.1 Å². The summed E-state index contributed by atoms with van der Waals surface area (Å²) in [4.78, 5) is 16.1. The van der Waals surface area contributed by atoms with Gasteiger partial charge in [-0.25, -0.2) is 9.97 Å². The van der Waals surface area contributed by atoms with Gasteiger partial charge in [-0.2, -0.15) is 10.2 Å². The lowest BCUT2D eigenvalue weighted by molar-refractivity contribution is 0.266. The summed E-state index contributed by atoms with van der Waals surface area (Å²) < 4.78 is 14.6. The average Bonchev–Trinajstić information content (AvgIpc) is 3.27. The van der Waals surface area contributed by atoms with Crippen molar-refractivity contribution in [1.82, 2.24) is 24.4 Å². The smallest absolute Gasteiger partial charge is 0.229 e. The number of benzene rings is 2. The number of nitrogens with one attached hydrogen (secondary N) is 1. The molecule has 0 amide bonds. The number of likely N-dealkylation sites (N-methyl/N-ethyl adjacent to an activating group) is 1. The number of para-hydroxylation sites is 1. The molecule has 36 heavy (non-hydrogen) atoms. The maximum Gasteiger partial charge on any atom is 0.229 e. The molecule has 3 heterocycles. The Morgan fingerprint density at radius 3 is 2.83 bits per heavy atom. The van der Waals surface area contributed by atoms with Crippen LogP contribution < -0.4 is 10.6 Å². The molecule has 1 unspecified atom stereocenters. The lowest BCUT2D eigenvalue weighted by atomic mass is 9.77. The van der Waals surface area contributed by atoms with Gasteiger partial charge in [-0.1, -0.05) is 6.07 Å². The SMILES string of the molecule is CN1Cc2cc(Nc3ncc(C#N)c(-n4cnc5c(P(C)(C)=O)cccc54)n3)cc3c2C(CCC3)C1. The van der Waals surface area contributed by atoms with Gasteiger partial charge in [0, 0.05) is 24.1 Å². The van der Waals surface area contributed by atoms with Gasteiger partial charge in [-0.05, 0) is 86.5 Å². The molecule has 182 valence electrons. The molecular formula is C27H28N7OP. The Morgan fingerprint density at radius 1 is 1.19 bits per heavy atom. The number of aryl methyl sites for hydroxylation is 1. The van der Waals surface area contributed by atoms with Crippen LogP contribution in [0.2, 0.25) is 0 Å². The molecule has 1 atom stereocenters. The second kappa shape index (κ2) is 8.55. The predicted molar refractivity (Wildman–Crippen MR) is 142 cm³/mol. The molecule has 1 aliphatic heterocycles. The second-order valence-corrected chi connectivity index (χ2v) is 13.5. The molecule has 2 aromatic carbocycles. The van der Waals surface area contributed by atoms with Gasteiger partial charge >= 0.3 is 0 Å². The first-order valence-corrected chi connectivity index (χ1v) is 14.8. The molecule has 6 rings (SSSR count). The van der Waals surface area contributed by atoms with E-state index in [0.29, 0.717) is 28.8 Å². The Balaban J connectivity index is 1.41. The quantitative estimate of drug-likeness (QED) is 0.413. The highest BCUT2D eigenvalue weighted by molar-refractivity contribution is 7.70. The largest absolute Gasteiger partial charge is 0.324 e. The van der Waals surface area contributed by atoms with Crippen molar-refractivity contribution in [3.63, 3.8) is 0 Å². The van der Waals surface area contributed by atoms with E-state index in [-0.39, 0.29) is 0 Å². The van der Waals surface area contributed by atoms with E-state index in [0.717, 1.165) is 36.0 Å². The van der Waals surface area contributed by atoms with Gasteiger partial charge < -0.3 is 14.8 Å². The number of hydrogen-bond donors (Lipinski definition) is 1. The van der Waals surface area contributed by atoms with Crippen molar-refractivity contribution < 1.29 is 4.57 Å². The van der Waals surface area contributed by atoms with Crippen molar-refractivity contribution in [3.05, 3.63) is 65.1 Å². The van der Waals surface area contributed by atoms with E-state index in [1.54, 1.807) is 24.2 Å². The number of fused-ring (bicyclic) bond motifs is 1. The van der Waals surface area contributed by atoms with Crippen LogP contribution in [0.5, 0.6) is 0 Å². The molecule has 0 bridgehead atoms. The van der Waals surface area contributed by atoms with E-state index in [9.17, 15) is 9.83 Å². The van der Waals surface area contributed by atoms with Gasteiger partial charge in [0.25, 0.3) is 0 Å². The van der Waals surface area contributed by atoms with Crippen molar-refractivity contribution in [1.29, 1.82) is 5.26 Å². The van der Waals surface area contributed by atoms with Crippen LogP contribution in [0.4, 0.5) is 11.6 Å². The summed E-state index contributed by atoms with van der Waals surface area (Å²) >= 11 is 0. The Kier molecular flexibility index (Phi) is 5.44. The van der Waals surface area contributed by atoms with E-state index < -0.39 is 7.14 Å². The van der Waals surface area contributed by atoms with Crippen LogP contribution >= 0.6 is 7.14 Å². The number of rotatable bonds is 4. The molecule has 0 saturated carbocycles. The van der Waals surface area contributed by atoms with E-state index >= 15 is 0 Å². The third-order valence-corrected chi connectivity index (χ3v) is 8.76. The van der Waals surface area contributed by atoms with Crippen molar-refractivity contribution in [2.24, 2.45) is 0 Å². The summed E-state index contributed by atoms with van der Waals surface area (Å²) in [7, 11) is -0.343. The first kappa shape index (κ1) is 22.9. The molecule has 0 saturated heterocycles. The van der Waals surface area contributed by atoms with E-state index in [1.807, 2.05) is 18.2 Å². The van der Waals surface area contributed by atoms with Crippen LogP contribution in [0, 0.1) is 11.3 Å². The van der Waals surface area contributed by atoms with Gasteiger partial charge in [0.2, 0.25) is 5.95 Å². The zero-order valence-corrected chi connectivity index (χ0v) is 21.6. The standard InChI is InChI=1S/C27H28N7OP/c1-33-14-18-7-4-6-17-10-21(11-19(15-33)24(17)18)31-27-29-13-20(12-28)26(32-27)34-16-30-25-22(34)8-5-9-23(25)36(2,3)35/h5,8-11,13,16,18H,4,6-7,14-15H2,1-3H3,(H,29,31,32). The van der Waals surface area contributed by atoms with Crippen LogP contribution in [-0.2, 0) is 17.5 Å². The van der Waals surface area contributed by atoms with E-state index in [4.69, 9.17) is 4.98 Å². The van der Waals surface area contributed by atoms with Gasteiger partial charge in [0.15, 0.2) is 5.82 Å². The minimum Gasteiger partial charge on any atom is -0.324 e. The highest BCUT2D eigenvalue weighted by atomic mass is 31.2. The molecule has 0 spiro atoms. The van der Waals surface area contributed by atoms with Crippen LogP contribution in [0.1, 0.15) is 41.0 Å². The number of anilines is 2. The topological polar surface area (TPSA) is 99.7 Å². The molecule has 8 nitrogen and oxygen atoms in total. The third-order valence-electron chi connectivity index (χ3n) is 7.24. The Labute approximate surface area is 210 Å². The average molecular weight is 498 g/mol. The maximum atomic E-state index is 12.8. The molecule has 1 N–H and O–H groups in total. The normalized spacial score (nSPS) is 17.6. The van der Waals surface area contributed by atoms with E-state index in [2.05, 4.69) is 45.4 Å². The number of imidazole rings is 1. The zero-order valence-electron chi connectivity index (χ0n) is 20.7. The molecular weight excluding hydrogens is 469 g/mol. The summed E-state index contributed by atoms with van der Waals surface area (Å²) in [6.45, 7) is 5.54. The molecule has 2 aromatic heterocycles. The summed E-state index contributed by atoms with van der Waals surface area (Å²) in [5.74, 6) is 1.48. The van der Waals surface area contributed by atoms with Gasteiger partial charge in [-0.15, -0.1) is 0 Å². The van der Waals surface area contributed by atoms with Crippen molar-refractivity contribution >= 4 is 35.1 Å². The Morgan fingerprint density at radius 2 is 2.03 bits per heavy atom. The summed E-state index contributed by atoms with van der Waals surface area (Å²) in [5, 5.41) is 13.9. The van der Waals surface area contributed by atoms with Crippen LogP contribution in [0.25, 0.3) is 16.9 Å². The molecule has 1 aliphatic carbocycles. The number of hydrogen-bond acceptors (Lipinski definition) is 7. The van der Waals surface area contributed by atoms with Crippen molar-refractivity contribution in [3.8, 4) is 11.9 Å². The number of nitrogens with zero attached hydrogens (tertiary/aromatic N) is 6. The van der Waals surface area contributed by atoms with Gasteiger partial charge in [-0.3, -0.25) is 4.57 Å². The fraction of sp³-hybridized carbons (Fsp3) is 0.333. The lowest BCUT2D eigenvalue weighted by Gasteiger charge is -2.37. The minimum atomic E-state index is -2.53. The first-order valence-electron chi connectivity index (χ1n) is 12.2. The molecule has 4 aromatic rings. The summed E-state index contributed by atoms with van der Waals surface area (Å²) in [6, 6.07) is 12.3. The van der Waals surface area contributed by atoms with Crippen LogP contribution in [0.3, 0.4) is 0 Å². The molecule has 2 aliphatic rings. The maximum absolute atomic E-state index is 12.8. The monoisotopic (exact) mass is 497 g/mol. The Hall–Kier alpha value is -3.53. The third kappa shape index (κ3) is 3.89. The number of aromatic nitrogens is 4. The molecule has 0 radical (unpaired) electrons. The molecule has 0 fully saturated rings. The highest BCUT2D eigenvalue weighted by Crippen LogP contribution is 2.40. The van der Waals surface area contributed by atoms with Crippen LogP contribution in [0.15, 0.2) is 42.9 Å². The Bertz CT molecular complexity index is 1600. The highest BCUT2D eigenvalue weighted by Gasteiger charge is 2.29. The van der Waals surface area contributed by atoms with E-state index in [1.165, 1.54) is 35.7 Å². The summed E-state index contributed by atoms with van der Waals surface area (Å²) in [5.41, 5.74) is 7.05. The lowest BCUT2D eigenvalue weighted by Crippen LogP contribution is -2.33. The van der Waals surface area contributed by atoms with Crippen LogP contribution in [-0.4, -0.2) is 51.3 Å². The van der Waals surface area contributed by atoms with Crippen molar-refractivity contribution in [2.75, 3.05) is 32.2 Å². The second-order valence-electron chi connectivity index (χ2n) is 10.3. The van der Waals surface area contributed by atoms with Gasteiger partial charge in [0.05, 0.1) is 17.2 Å². The predicted octanol–water partition coefficient (Wildman–Crippen LogP) is 4.54. The first-order chi connectivity index (χ1) is 17.3. The fourth-order valence-corrected chi connectivity index (χ4v) is 6.89. The summed E-state index contributed by atoms with van der Waals surface area (Å²) in [6.07, 6.45) is 6.74. The fourth-order valence-electron chi connectivity index (χ4n) is 5.76. The minimum absolute atomic E-state index is 0.339. The molecule has 9 heteroatoms. The number of nitriles is 1. The van der Waals surface area contributed by atoms with Crippen molar-refractivity contribution in [2.45, 2.75) is 31.7 Å².